The van der Waals surface area contributed by atoms with Gasteiger partial charge in [0.1, 0.15) is 6.10 Å². The number of carbonyl (C=O) groups excluding carboxylic acids is 1. The van der Waals surface area contributed by atoms with Crippen LogP contribution in [-0.4, -0.2) is 30.1 Å². The van der Waals surface area contributed by atoms with Gasteiger partial charge in [0.2, 0.25) is 5.91 Å². The van der Waals surface area contributed by atoms with Crippen LogP contribution in [0.4, 0.5) is 0 Å². The van der Waals surface area contributed by atoms with E-state index in [9.17, 15) is 9.59 Å². The second-order valence-electron chi connectivity index (χ2n) is 5.63. The van der Waals surface area contributed by atoms with E-state index in [0.29, 0.717) is 17.9 Å². The highest BCUT2D eigenvalue weighted by Gasteiger charge is 2.42. The van der Waals surface area contributed by atoms with Crippen molar-refractivity contribution in [3.8, 4) is 0 Å². The molecule has 0 bridgehead atoms. The van der Waals surface area contributed by atoms with Crippen LogP contribution in [0.5, 0.6) is 0 Å². The van der Waals surface area contributed by atoms with E-state index in [1.54, 1.807) is 19.2 Å². The van der Waals surface area contributed by atoms with Crippen molar-refractivity contribution < 1.29 is 19.4 Å². The Morgan fingerprint density at radius 3 is 2.32 bits per heavy atom. The number of ether oxygens (including phenoxy) is 1. The zero-order valence-electron chi connectivity index (χ0n) is 12.6. The summed E-state index contributed by atoms with van der Waals surface area (Å²) >= 11 is 5.87. The molecule has 0 heterocycles. The third kappa shape index (κ3) is 3.59. The molecule has 1 fully saturated rings. The summed E-state index contributed by atoms with van der Waals surface area (Å²) in [5, 5.41) is 12.5. The summed E-state index contributed by atoms with van der Waals surface area (Å²) in [5.41, 5.74) is 0.906. The summed E-state index contributed by atoms with van der Waals surface area (Å²) in [6.45, 7) is 1.84. The summed E-state index contributed by atoms with van der Waals surface area (Å²) in [6, 6.07) is 6.97. The lowest BCUT2D eigenvalue weighted by molar-refractivity contribution is -0.153. The molecule has 1 aromatic carbocycles. The first-order valence-corrected chi connectivity index (χ1v) is 7.63. The van der Waals surface area contributed by atoms with Crippen molar-refractivity contribution in [2.24, 2.45) is 11.8 Å². The molecule has 0 aliphatic heterocycles. The molecule has 1 saturated carbocycles. The predicted molar refractivity (Wildman–Crippen MR) is 82.7 cm³/mol. The Hall–Kier alpha value is -1.59. The fourth-order valence-corrected chi connectivity index (χ4v) is 2.92. The summed E-state index contributed by atoms with van der Waals surface area (Å²) < 4.78 is 5.47. The smallest absolute Gasteiger partial charge is 0.307 e. The van der Waals surface area contributed by atoms with E-state index >= 15 is 0 Å². The first-order chi connectivity index (χ1) is 10.4. The van der Waals surface area contributed by atoms with Gasteiger partial charge in [0.15, 0.2) is 0 Å². The maximum absolute atomic E-state index is 12.2. The number of halogens is 1. The molecule has 0 spiro atoms. The van der Waals surface area contributed by atoms with Gasteiger partial charge in [-0.25, -0.2) is 0 Å². The molecule has 1 aromatic rings. The molecule has 0 aromatic heterocycles. The molecule has 6 heteroatoms. The van der Waals surface area contributed by atoms with Crippen LogP contribution in [0.15, 0.2) is 24.3 Å². The van der Waals surface area contributed by atoms with Crippen molar-refractivity contribution in [3.63, 3.8) is 0 Å². The molecule has 5 nitrogen and oxygen atoms in total. The van der Waals surface area contributed by atoms with Gasteiger partial charge in [-0.2, -0.15) is 0 Å². The van der Waals surface area contributed by atoms with Gasteiger partial charge in [0, 0.05) is 12.1 Å². The van der Waals surface area contributed by atoms with Gasteiger partial charge >= 0.3 is 5.97 Å². The van der Waals surface area contributed by atoms with Gasteiger partial charge in [-0.3, -0.25) is 9.59 Å². The van der Waals surface area contributed by atoms with Gasteiger partial charge in [-0.1, -0.05) is 23.7 Å². The first kappa shape index (κ1) is 16.8. The molecule has 120 valence electrons. The minimum absolute atomic E-state index is 0.220. The molecule has 1 aliphatic carbocycles. The fourth-order valence-electron chi connectivity index (χ4n) is 2.80. The molecule has 1 aliphatic rings. The number of methoxy groups -OCH3 is 1. The number of nitrogens with one attached hydrogen (secondary N) is 1. The monoisotopic (exact) mass is 325 g/mol. The molecule has 4 atom stereocenters. The van der Waals surface area contributed by atoms with E-state index in [4.69, 9.17) is 21.4 Å². The number of rotatable bonds is 6. The van der Waals surface area contributed by atoms with E-state index in [0.717, 1.165) is 5.56 Å². The number of carboxylic acids is 1. The maximum Gasteiger partial charge on any atom is 0.307 e. The highest BCUT2D eigenvalue weighted by Crippen LogP contribution is 2.35. The Bertz CT molecular complexity index is 546. The normalized spacial score (nSPS) is 23.2. The topological polar surface area (TPSA) is 75.6 Å². The molecule has 1 amide bonds. The summed E-state index contributed by atoms with van der Waals surface area (Å²) in [5.74, 6) is -2.13. The van der Waals surface area contributed by atoms with Crippen LogP contribution in [0.25, 0.3) is 0 Å². The molecule has 2 N–H and O–H groups in total. The highest BCUT2D eigenvalue weighted by atomic mass is 35.5. The van der Waals surface area contributed by atoms with Crippen LogP contribution in [-0.2, 0) is 14.3 Å². The number of hydrogen-bond donors (Lipinski definition) is 2. The number of benzene rings is 1. The number of amides is 1. The van der Waals surface area contributed by atoms with Crippen molar-refractivity contribution in [2.75, 3.05) is 7.11 Å². The molecule has 0 saturated heterocycles. The zero-order valence-corrected chi connectivity index (χ0v) is 13.3. The number of hydrogen-bond acceptors (Lipinski definition) is 3. The molecular formula is C16H20ClNO4. The Kier molecular flexibility index (Phi) is 5.42. The lowest BCUT2D eigenvalue weighted by Gasteiger charge is -2.34. The van der Waals surface area contributed by atoms with Gasteiger partial charge < -0.3 is 15.2 Å². The zero-order chi connectivity index (χ0) is 16.3. The Labute approximate surface area is 134 Å². The number of aliphatic carboxylic acids is 1. The Morgan fingerprint density at radius 2 is 1.86 bits per heavy atom. The third-order valence-corrected chi connectivity index (χ3v) is 4.46. The van der Waals surface area contributed by atoms with Crippen LogP contribution in [0, 0.1) is 11.8 Å². The minimum Gasteiger partial charge on any atom is -0.481 e. The predicted octanol–water partition coefficient (Wildman–Crippen LogP) is 2.64. The van der Waals surface area contributed by atoms with Crippen LogP contribution < -0.4 is 5.32 Å². The average molecular weight is 326 g/mol. The third-order valence-electron chi connectivity index (χ3n) is 4.20. The van der Waals surface area contributed by atoms with Gasteiger partial charge in [0.25, 0.3) is 0 Å². The number of carboxylic acid groups (broad SMARTS) is 1. The van der Waals surface area contributed by atoms with E-state index in [2.05, 4.69) is 5.32 Å². The average Bonchev–Trinajstić information content (AvgIpc) is 2.39. The lowest BCUT2D eigenvalue weighted by Crippen LogP contribution is -2.48. The summed E-state index contributed by atoms with van der Waals surface area (Å²) in [6.07, 6.45) is 0.866. The van der Waals surface area contributed by atoms with Crippen molar-refractivity contribution in [1.82, 2.24) is 5.32 Å². The van der Waals surface area contributed by atoms with Crippen LogP contribution in [0.1, 0.15) is 31.4 Å². The van der Waals surface area contributed by atoms with Crippen LogP contribution in [0.2, 0.25) is 5.02 Å². The largest absolute Gasteiger partial charge is 0.481 e. The van der Waals surface area contributed by atoms with Gasteiger partial charge in [0.05, 0.1) is 17.9 Å². The quantitative estimate of drug-likeness (QED) is 0.843. The van der Waals surface area contributed by atoms with Crippen molar-refractivity contribution in [1.29, 1.82) is 0 Å². The second kappa shape index (κ2) is 7.11. The highest BCUT2D eigenvalue weighted by molar-refractivity contribution is 6.30. The van der Waals surface area contributed by atoms with E-state index in [1.807, 2.05) is 19.1 Å². The molecule has 4 unspecified atom stereocenters. The first-order valence-electron chi connectivity index (χ1n) is 7.25. The van der Waals surface area contributed by atoms with E-state index < -0.39 is 17.8 Å². The van der Waals surface area contributed by atoms with Crippen molar-refractivity contribution in [3.05, 3.63) is 34.9 Å². The fraction of sp³-hybridized carbons (Fsp3) is 0.500. The van der Waals surface area contributed by atoms with Gasteiger partial charge in [-0.05, 0) is 37.5 Å². The van der Waals surface area contributed by atoms with Crippen molar-refractivity contribution >= 4 is 23.5 Å². The maximum atomic E-state index is 12.2. The van der Waals surface area contributed by atoms with Crippen LogP contribution in [0.3, 0.4) is 0 Å². The minimum atomic E-state index is -0.903. The van der Waals surface area contributed by atoms with E-state index in [-0.39, 0.29) is 18.1 Å². The second-order valence-corrected chi connectivity index (χ2v) is 6.07. The molecule has 2 rings (SSSR count). The lowest BCUT2D eigenvalue weighted by atomic mass is 9.73. The van der Waals surface area contributed by atoms with Crippen molar-refractivity contribution in [2.45, 2.75) is 31.9 Å². The SMILES string of the molecule is COC(c1ccc(Cl)cc1)C(C)NC(=O)C1CCC1C(=O)O. The molecule has 22 heavy (non-hydrogen) atoms. The standard InChI is InChI=1S/C16H20ClNO4/c1-9(14(22-2)10-3-5-11(17)6-4-10)18-15(19)12-7-8-13(12)16(20)21/h3-6,9,12-14H,7-8H2,1-2H3,(H,18,19)(H,20,21). The van der Waals surface area contributed by atoms with E-state index in [1.165, 1.54) is 0 Å². The summed E-state index contributed by atoms with van der Waals surface area (Å²) in [4.78, 5) is 23.2. The molecule has 0 radical (unpaired) electrons. The summed E-state index contributed by atoms with van der Waals surface area (Å²) in [7, 11) is 1.57. The number of carbonyl (C=O) groups is 2. The van der Waals surface area contributed by atoms with Gasteiger partial charge in [-0.15, -0.1) is 0 Å². The van der Waals surface area contributed by atoms with Crippen LogP contribution >= 0.6 is 11.6 Å². The Morgan fingerprint density at radius 1 is 1.27 bits per heavy atom. The Balaban J connectivity index is 2.00. The molecular weight excluding hydrogens is 306 g/mol.